The van der Waals surface area contributed by atoms with Gasteiger partial charge in [-0.1, -0.05) is 42.5 Å². The highest BCUT2D eigenvalue weighted by Crippen LogP contribution is 2.27. The molecule has 3 aromatic rings. The van der Waals surface area contributed by atoms with Crippen LogP contribution in [-0.2, 0) is 9.53 Å². The van der Waals surface area contributed by atoms with Gasteiger partial charge in [0.2, 0.25) is 0 Å². The Labute approximate surface area is 171 Å². The highest BCUT2D eigenvalue weighted by atomic mass is 19.1. The topological polar surface area (TPSA) is 79.2 Å². The van der Waals surface area contributed by atoms with Gasteiger partial charge in [0.15, 0.2) is 6.10 Å². The number of benzene rings is 3. The van der Waals surface area contributed by atoms with Crippen molar-refractivity contribution in [1.82, 2.24) is 0 Å². The van der Waals surface area contributed by atoms with Crippen LogP contribution in [0.3, 0.4) is 0 Å². The number of carbonyl (C=O) groups excluding carboxylic acids is 2. The van der Waals surface area contributed by atoms with Crippen LogP contribution in [-0.4, -0.2) is 18.0 Å². The summed E-state index contributed by atoms with van der Waals surface area (Å²) < 4.78 is 32.7. The van der Waals surface area contributed by atoms with Crippen molar-refractivity contribution in [1.29, 1.82) is 5.26 Å². The van der Waals surface area contributed by atoms with Gasteiger partial charge in [-0.2, -0.15) is 5.26 Å². The van der Waals surface area contributed by atoms with Crippen LogP contribution >= 0.6 is 0 Å². The smallest absolute Gasteiger partial charge is 0.339 e. The molecule has 0 aliphatic heterocycles. The van der Waals surface area contributed by atoms with E-state index in [2.05, 4.69) is 11.4 Å². The molecule has 0 aliphatic rings. The van der Waals surface area contributed by atoms with Gasteiger partial charge >= 0.3 is 5.97 Å². The molecule has 0 saturated heterocycles. The maximum atomic E-state index is 13.7. The van der Waals surface area contributed by atoms with Gasteiger partial charge in [0, 0.05) is 5.56 Å². The van der Waals surface area contributed by atoms with E-state index in [0.29, 0.717) is 16.7 Å². The summed E-state index contributed by atoms with van der Waals surface area (Å²) in [6.07, 6.45) is -1.32. The van der Waals surface area contributed by atoms with Crippen LogP contribution in [0.5, 0.6) is 0 Å². The summed E-state index contributed by atoms with van der Waals surface area (Å²) in [5.74, 6) is -3.59. The fraction of sp³-hybridized carbons (Fsp3) is 0.0870. The van der Waals surface area contributed by atoms with E-state index in [4.69, 9.17) is 4.74 Å². The van der Waals surface area contributed by atoms with E-state index in [9.17, 15) is 23.6 Å². The lowest BCUT2D eigenvalue weighted by Crippen LogP contribution is -2.30. The molecule has 0 fully saturated rings. The molecule has 0 heterocycles. The lowest BCUT2D eigenvalue weighted by molar-refractivity contribution is -0.123. The van der Waals surface area contributed by atoms with Gasteiger partial charge in [-0.05, 0) is 36.8 Å². The number of carbonyl (C=O) groups is 2. The summed E-state index contributed by atoms with van der Waals surface area (Å²) in [6.45, 7) is 1.29. The lowest BCUT2D eigenvalue weighted by atomic mass is 9.96. The molecule has 0 unspecified atom stereocenters. The molecule has 0 saturated carbocycles. The Balaban J connectivity index is 1.81. The van der Waals surface area contributed by atoms with Gasteiger partial charge in [-0.15, -0.1) is 0 Å². The second-order valence-corrected chi connectivity index (χ2v) is 6.34. The van der Waals surface area contributed by atoms with Crippen molar-refractivity contribution in [2.45, 2.75) is 13.0 Å². The van der Waals surface area contributed by atoms with Crippen LogP contribution in [0.15, 0.2) is 66.7 Å². The first-order valence-corrected chi connectivity index (χ1v) is 8.96. The highest BCUT2D eigenvalue weighted by Gasteiger charge is 2.23. The average molecular weight is 406 g/mol. The molecular weight excluding hydrogens is 390 g/mol. The molecule has 3 rings (SSSR count). The second-order valence-electron chi connectivity index (χ2n) is 6.34. The first-order valence-electron chi connectivity index (χ1n) is 8.96. The Hall–Kier alpha value is -4.05. The minimum atomic E-state index is -1.32. The summed E-state index contributed by atoms with van der Waals surface area (Å²) >= 11 is 0. The largest absolute Gasteiger partial charge is 0.449 e. The van der Waals surface area contributed by atoms with Crippen LogP contribution in [0, 0.1) is 23.0 Å². The lowest BCUT2D eigenvalue weighted by Gasteiger charge is -2.16. The number of nitrogens with one attached hydrogen (secondary N) is 1. The van der Waals surface area contributed by atoms with Crippen molar-refractivity contribution >= 4 is 17.6 Å². The first kappa shape index (κ1) is 20.7. The van der Waals surface area contributed by atoms with Crippen molar-refractivity contribution in [2.75, 3.05) is 5.32 Å². The minimum Gasteiger partial charge on any atom is -0.449 e. The van der Waals surface area contributed by atoms with E-state index in [-0.39, 0.29) is 5.56 Å². The average Bonchev–Trinajstić information content (AvgIpc) is 2.76. The number of anilines is 1. The SMILES string of the molecule is C[C@H](OC(=O)c1ccccc1-c1ccccc1C#N)C(=O)Nc1c(F)cccc1F. The van der Waals surface area contributed by atoms with E-state index in [1.54, 1.807) is 42.5 Å². The number of ether oxygens (including phenoxy) is 1. The number of nitriles is 1. The third-order valence-corrected chi connectivity index (χ3v) is 4.35. The molecule has 0 bridgehead atoms. The molecule has 1 amide bonds. The normalized spacial score (nSPS) is 11.3. The van der Waals surface area contributed by atoms with Crippen LogP contribution in [0.2, 0.25) is 0 Å². The monoisotopic (exact) mass is 406 g/mol. The Kier molecular flexibility index (Phi) is 6.18. The molecule has 0 radical (unpaired) electrons. The number of esters is 1. The van der Waals surface area contributed by atoms with Gasteiger partial charge in [-0.25, -0.2) is 13.6 Å². The predicted molar refractivity (Wildman–Crippen MR) is 106 cm³/mol. The summed E-state index contributed by atoms with van der Waals surface area (Å²) in [6, 6.07) is 18.5. The van der Waals surface area contributed by atoms with Crippen LogP contribution < -0.4 is 5.32 Å². The van der Waals surface area contributed by atoms with Crippen molar-refractivity contribution in [3.63, 3.8) is 0 Å². The standard InChI is InChI=1S/C23H16F2N2O3/c1-14(22(28)27-21-19(24)11-6-12-20(21)25)30-23(29)18-10-5-4-9-17(18)16-8-3-2-7-15(16)13-26/h2-12,14H,1H3,(H,27,28)/t14-/m0/s1. The predicted octanol–water partition coefficient (Wildman–Crippen LogP) is 4.69. The van der Waals surface area contributed by atoms with Gasteiger partial charge in [-0.3, -0.25) is 4.79 Å². The Morgan fingerprint density at radius 2 is 1.53 bits per heavy atom. The van der Waals surface area contributed by atoms with E-state index in [1.165, 1.54) is 19.1 Å². The molecule has 30 heavy (non-hydrogen) atoms. The molecule has 0 aromatic heterocycles. The number of amides is 1. The van der Waals surface area contributed by atoms with Gasteiger partial charge in [0.1, 0.15) is 17.3 Å². The zero-order valence-corrected chi connectivity index (χ0v) is 15.9. The molecular formula is C23H16F2N2O3. The summed E-state index contributed by atoms with van der Waals surface area (Å²) in [4.78, 5) is 25.0. The van der Waals surface area contributed by atoms with E-state index in [0.717, 1.165) is 12.1 Å². The molecule has 1 atom stereocenters. The summed E-state index contributed by atoms with van der Waals surface area (Å²) in [5.41, 5.74) is 0.912. The Morgan fingerprint density at radius 3 is 2.20 bits per heavy atom. The van der Waals surface area contributed by atoms with Crippen molar-refractivity contribution in [3.05, 3.63) is 89.5 Å². The second kappa shape index (κ2) is 8.97. The first-order chi connectivity index (χ1) is 14.4. The maximum Gasteiger partial charge on any atom is 0.339 e. The maximum absolute atomic E-state index is 13.7. The van der Waals surface area contributed by atoms with Crippen molar-refractivity contribution < 1.29 is 23.1 Å². The fourth-order valence-electron chi connectivity index (χ4n) is 2.83. The van der Waals surface area contributed by atoms with Crippen LogP contribution in [0.4, 0.5) is 14.5 Å². The number of para-hydroxylation sites is 1. The molecule has 0 aliphatic carbocycles. The van der Waals surface area contributed by atoms with Crippen LogP contribution in [0.25, 0.3) is 11.1 Å². The molecule has 1 N–H and O–H groups in total. The fourth-order valence-corrected chi connectivity index (χ4v) is 2.83. The molecule has 150 valence electrons. The molecule has 3 aromatic carbocycles. The third kappa shape index (κ3) is 4.33. The number of rotatable bonds is 5. The Bertz CT molecular complexity index is 1130. The molecule has 7 heteroatoms. The number of hydrogen-bond acceptors (Lipinski definition) is 4. The zero-order chi connectivity index (χ0) is 21.7. The van der Waals surface area contributed by atoms with Gasteiger partial charge in [0.05, 0.1) is 17.2 Å². The molecule has 0 spiro atoms. The number of hydrogen-bond donors (Lipinski definition) is 1. The Morgan fingerprint density at radius 1 is 0.933 bits per heavy atom. The van der Waals surface area contributed by atoms with Crippen molar-refractivity contribution in [2.24, 2.45) is 0 Å². The summed E-state index contributed by atoms with van der Waals surface area (Å²) in [7, 11) is 0. The molecule has 5 nitrogen and oxygen atoms in total. The van der Waals surface area contributed by atoms with E-state index < -0.39 is 35.3 Å². The summed E-state index contributed by atoms with van der Waals surface area (Å²) in [5, 5.41) is 11.4. The highest BCUT2D eigenvalue weighted by molar-refractivity contribution is 6.01. The van der Waals surface area contributed by atoms with E-state index >= 15 is 0 Å². The number of nitrogens with zero attached hydrogens (tertiary/aromatic N) is 1. The zero-order valence-electron chi connectivity index (χ0n) is 15.9. The van der Waals surface area contributed by atoms with Gasteiger partial charge < -0.3 is 10.1 Å². The minimum absolute atomic E-state index is 0.150. The van der Waals surface area contributed by atoms with Gasteiger partial charge in [0.25, 0.3) is 5.91 Å². The van der Waals surface area contributed by atoms with Crippen LogP contribution in [0.1, 0.15) is 22.8 Å². The third-order valence-electron chi connectivity index (χ3n) is 4.35. The number of halogens is 2. The van der Waals surface area contributed by atoms with Crippen molar-refractivity contribution in [3.8, 4) is 17.2 Å². The van der Waals surface area contributed by atoms with E-state index in [1.807, 2.05) is 0 Å². The quantitative estimate of drug-likeness (QED) is 0.624.